The fourth-order valence-corrected chi connectivity index (χ4v) is 7.76. The summed E-state index contributed by atoms with van der Waals surface area (Å²) in [6.07, 6.45) is 2.71. The molecule has 2 atom stereocenters. The number of pyridine rings is 1. The van der Waals surface area contributed by atoms with Crippen molar-refractivity contribution in [2.24, 2.45) is 5.92 Å². The predicted molar refractivity (Wildman–Crippen MR) is 185 cm³/mol. The molecule has 11 nitrogen and oxygen atoms in total. The third-order valence-electron chi connectivity index (χ3n) is 8.89. The van der Waals surface area contributed by atoms with E-state index in [1.807, 2.05) is 0 Å². The van der Waals surface area contributed by atoms with E-state index in [1.54, 1.807) is 48.5 Å². The van der Waals surface area contributed by atoms with Crippen molar-refractivity contribution in [3.8, 4) is 17.2 Å². The second-order valence-corrected chi connectivity index (χ2v) is 13.9. The zero-order chi connectivity index (χ0) is 34.7. The molecule has 1 N–H and O–H groups in total. The third kappa shape index (κ3) is 7.83. The molecule has 5 heterocycles. The number of carbonyl (C=O) groups is 2. The van der Waals surface area contributed by atoms with Gasteiger partial charge in [-0.2, -0.15) is 4.73 Å². The Morgan fingerprint density at radius 3 is 2.41 bits per heavy atom. The number of halogens is 2. The minimum absolute atomic E-state index is 0.0546. The van der Waals surface area contributed by atoms with Gasteiger partial charge in [0.05, 0.1) is 26.5 Å². The highest BCUT2D eigenvalue weighted by Gasteiger charge is 2.38. The van der Waals surface area contributed by atoms with Crippen molar-refractivity contribution >= 4 is 52.3 Å². The van der Waals surface area contributed by atoms with Gasteiger partial charge in [0.2, 0.25) is 0 Å². The molecule has 3 aliphatic rings. The summed E-state index contributed by atoms with van der Waals surface area (Å²) >= 11 is 13.9. The molecule has 0 radical (unpaired) electrons. The van der Waals surface area contributed by atoms with Gasteiger partial charge in [0.15, 0.2) is 23.9 Å². The van der Waals surface area contributed by atoms with Crippen LogP contribution in [0.1, 0.15) is 44.6 Å². The molecule has 4 aromatic rings. The maximum absolute atomic E-state index is 13.7. The van der Waals surface area contributed by atoms with Crippen LogP contribution in [0.25, 0.3) is 0 Å². The average Bonchev–Trinajstić information content (AvgIpc) is 3.57. The molecular formula is C35H35Cl2N3O8S. The molecule has 0 aliphatic carbocycles. The van der Waals surface area contributed by atoms with Crippen LogP contribution in [0.15, 0.2) is 67.0 Å². The van der Waals surface area contributed by atoms with Crippen LogP contribution in [0.3, 0.4) is 0 Å². The van der Waals surface area contributed by atoms with E-state index < -0.39 is 18.2 Å². The molecule has 3 fully saturated rings. The Kier molecular flexibility index (Phi) is 10.7. The molecule has 2 bridgehead atoms. The number of para-hydroxylation sites is 2. The fraction of sp³-hybridized carbons (Fsp3) is 0.343. The van der Waals surface area contributed by atoms with Crippen molar-refractivity contribution in [3.05, 3.63) is 103 Å². The van der Waals surface area contributed by atoms with Crippen LogP contribution in [-0.4, -0.2) is 62.0 Å². The van der Waals surface area contributed by atoms with Gasteiger partial charge in [0.1, 0.15) is 32.9 Å². The van der Waals surface area contributed by atoms with E-state index in [0.717, 1.165) is 37.3 Å². The Labute approximate surface area is 297 Å². The number of thiophene rings is 1. The summed E-state index contributed by atoms with van der Waals surface area (Å²) in [6, 6.07) is 15.1. The van der Waals surface area contributed by atoms with E-state index in [1.165, 1.54) is 37.6 Å². The van der Waals surface area contributed by atoms with Crippen LogP contribution in [-0.2, 0) is 22.4 Å². The van der Waals surface area contributed by atoms with Crippen molar-refractivity contribution in [1.82, 2.24) is 4.90 Å². The summed E-state index contributed by atoms with van der Waals surface area (Å²) in [5.74, 6) is 0.536. The highest BCUT2D eigenvalue weighted by molar-refractivity contribution is 7.14. The van der Waals surface area contributed by atoms with Gasteiger partial charge in [-0.15, -0.1) is 11.3 Å². The molecule has 258 valence electrons. The zero-order valence-corrected chi connectivity index (χ0v) is 29.2. The summed E-state index contributed by atoms with van der Waals surface area (Å²) in [7, 11) is 3.02. The van der Waals surface area contributed by atoms with Gasteiger partial charge in [-0.3, -0.25) is 9.80 Å². The number of anilines is 1. The number of amides is 1. The highest BCUT2D eigenvalue weighted by atomic mass is 35.5. The van der Waals surface area contributed by atoms with Gasteiger partial charge in [0.25, 0.3) is 0 Å². The number of ether oxygens (including phenoxy) is 4. The van der Waals surface area contributed by atoms with Gasteiger partial charge < -0.3 is 29.3 Å². The number of rotatable bonds is 11. The van der Waals surface area contributed by atoms with Gasteiger partial charge in [-0.1, -0.05) is 41.4 Å². The Bertz CT molecular complexity index is 1810. The van der Waals surface area contributed by atoms with E-state index in [4.69, 9.17) is 42.1 Å². The number of piperidine rings is 3. The number of benzene rings is 2. The Hall–Kier alpha value is -4.23. The monoisotopic (exact) mass is 727 g/mol. The molecule has 14 heteroatoms. The number of nitrogens with zero attached hydrogens (tertiary/aromatic N) is 3. The maximum Gasteiger partial charge on any atom is 0.415 e. The van der Waals surface area contributed by atoms with E-state index in [9.17, 15) is 19.9 Å². The SMILES string of the molecule is COc1ccc([C@H](Cc2c(Cl)c[n+]([O-])cc2Cl)OC(=O)c2ccc(CN(C(=O)O[C@H]3CN4CCC3CC4)c3ccccc3O)s2)cc1OC. The molecule has 3 saturated heterocycles. The lowest BCUT2D eigenvalue weighted by Crippen LogP contribution is -2.53. The minimum atomic E-state index is -0.885. The standard InChI is InChI=1S/C35H35Cl2N3O8S/c1-45-29-9-7-22(15-31(29)46-2)30(16-24-25(36)18-39(44)19-26(24)37)47-34(42)33-10-8-23(49-33)17-40(27-5-3-4-6-28(27)41)35(43)48-32-20-38-13-11-21(32)12-14-38/h3-10,15,18-19,21,30,32,41H,11-14,16-17,20H2,1-2H3/t30-,32-/m0/s1. The van der Waals surface area contributed by atoms with Crippen molar-refractivity contribution in [2.75, 3.05) is 38.8 Å². The van der Waals surface area contributed by atoms with E-state index in [-0.39, 0.29) is 39.7 Å². The number of aromatic nitrogens is 1. The molecule has 2 aromatic heterocycles. The number of methoxy groups -OCH3 is 2. The summed E-state index contributed by atoms with van der Waals surface area (Å²) in [6.45, 7) is 2.76. The summed E-state index contributed by atoms with van der Waals surface area (Å²) in [4.78, 5) is 32.0. The normalized spacial score (nSPS) is 18.8. The lowest BCUT2D eigenvalue weighted by molar-refractivity contribution is -0.605. The summed E-state index contributed by atoms with van der Waals surface area (Å²) < 4.78 is 23.4. The number of phenols is 1. The number of esters is 1. The van der Waals surface area contributed by atoms with Crippen molar-refractivity contribution in [2.45, 2.75) is 38.0 Å². The van der Waals surface area contributed by atoms with Crippen LogP contribution in [0.4, 0.5) is 10.5 Å². The molecule has 3 aliphatic heterocycles. The number of hydrogen-bond donors (Lipinski definition) is 1. The van der Waals surface area contributed by atoms with Crippen LogP contribution in [0.2, 0.25) is 10.0 Å². The van der Waals surface area contributed by atoms with Crippen molar-refractivity contribution in [1.29, 1.82) is 0 Å². The first-order chi connectivity index (χ1) is 23.6. The molecule has 0 unspecified atom stereocenters. The van der Waals surface area contributed by atoms with Crippen molar-refractivity contribution < 1.29 is 38.4 Å². The lowest BCUT2D eigenvalue weighted by Gasteiger charge is -2.44. The smallest absolute Gasteiger partial charge is 0.415 e. The first kappa shape index (κ1) is 34.6. The van der Waals surface area contributed by atoms with Crippen LogP contribution < -0.4 is 19.1 Å². The van der Waals surface area contributed by atoms with Crippen molar-refractivity contribution in [3.63, 3.8) is 0 Å². The van der Waals surface area contributed by atoms with Gasteiger partial charge in [-0.25, -0.2) is 9.59 Å². The van der Waals surface area contributed by atoms with Gasteiger partial charge in [0, 0.05) is 23.4 Å². The number of fused-ring (bicyclic) bond motifs is 3. The average molecular weight is 729 g/mol. The molecule has 2 aromatic carbocycles. The quantitative estimate of drug-likeness (QED) is 0.101. The van der Waals surface area contributed by atoms with Crippen LogP contribution >= 0.6 is 34.5 Å². The summed E-state index contributed by atoms with van der Waals surface area (Å²) in [5, 5.41) is 22.8. The predicted octanol–water partition coefficient (Wildman–Crippen LogP) is 6.79. The minimum Gasteiger partial charge on any atom is -0.619 e. The first-order valence-electron chi connectivity index (χ1n) is 15.7. The second kappa shape index (κ2) is 15.1. The summed E-state index contributed by atoms with van der Waals surface area (Å²) in [5.41, 5.74) is 1.31. The molecule has 1 amide bonds. The van der Waals surface area contributed by atoms with E-state index in [0.29, 0.717) is 50.4 Å². The molecule has 7 rings (SSSR count). The van der Waals surface area contributed by atoms with E-state index in [2.05, 4.69) is 4.90 Å². The topological polar surface area (TPSA) is 125 Å². The van der Waals surface area contributed by atoms with Gasteiger partial charge in [-0.05, 0) is 73.8 Å². The second-order valence-electron chi connectivity index (χ2n) is 11.9. The largest absolute Gasteiger partial charge is 0.619 e. The zero-order valence-electron chi connectivity index (χ0n) is 26.8. The number of carbonyl (C=O) groups excluding carboxylic acids is 2. The molecule has 0 saturated carbocycles. The molecular weight excluding hydrogens is 693 g/mol. The lowest BCUT2D eigenvalue weighted by atomic mass is 9.86. The maximum atomic E-state index is 13.7. The molecule has 49 heavy (non-hydrogen) atoms. The number of hydrogen-bond acceptors (Lipinski definition) is 10. The third-order valence-corrected chi connectivity index (χ3v) is 10.6. The Morgan fingerprint density at radius 1 is 1.04 bits per heavy atom. The highest BCUT2D eigenvalue weighted by Crippen LogP contribution is 2.37. The number of aromatic hydroxyl groups is 1. The van der Waals surface area contributed by atoms with Crippen LogP contribution in [0.5, 0.6) is 17.2 Å². The molecule has 0 spiro atoms. The Morgan fingerprint density at radius 2 is 1.76 bits per heavy atom. The Balaban J connectivity index is 1.24. The fourth-order valence-electron chi connectivity index (χ4n) is 6.29. The van der Waals surface area contributed by atoms with Crippen LogP contribution in [0, 0.1) is 11.1 Å². The van der Waals surface area contributed by atoms with E-state index >= 15 is 0 Å². The first-order valence-corrected chi connectivity index (χ1v) is 17.3. The number of phenolic OH excluding ortho intramolecular Hbond substituents is 1. The van der Waals surface area contributed by atoms with Gasteiger partial charge >= 0.3 is 12.1 Å².